The Labute approximate surface area is 90.7 Å². The van der Waals surface area contributed by atoms with Crippen LogP contribution in [-0.2, 0) is 4.79 Å². The summed E-state index contributed by atoms with van der Waals surface area (Å²) in [6.07, 6.45) is 3.40. The molecule has 0 aromatic carbocycles. The third-order valence-electron chi connectivity index (χ3n) is 2.20. The van der Waals surface area contributed by atoms with Crippen LogP contribution < -0.4 is 11.1 Å². The first-order chi connectivity index (χ1) is 7.17. The van der Waals surface area contributed by atoms with Crippen molar-refractivity contribution in [2.45, 2.75) is 39.5 Å². The van der Waals surface area contributed by atoms with Gasteiger partial charge in [0.05, 0.1) is 5.92 Å². The molecule has 0 aromatic heterocycles. The summed E-state index contributed by atoms with van der Waals surface area (Å²) in [6.45, 7) is 4.66. The predicted molar refractivity (Wildman–Crippen MR) is 59.7 cm³/mol. The number of nitrogens with zero attached hydrogens (tertiary/aromatic N) is 1. The van der Waals surface area contributed by atoms with Gasteiger partial charge in [-0.05, 0) is 12.8 Å². The van der Waals surface area contributed by atoms with Crippen LogP contribution in [-0.4, -0.2) is 23.5 Å². The van der Waals surface area contributed by atoms with Crippen LogP contribution in [0.5, 0.6) is 0 Å². The van der Waals surface area contributed by atoms with Crippen molar-refractivity contribution in [2.24, 2.45) is 16.8 Å². The lowest BCUT2D eigenvalue weighted by Crippen LogP contribution is -2.39. The fourth-order valence-electron chi connectivity index (χ4n) is 1.28. The maximum Gasteiger partial charge on any atom is 0.230 e. The standard InChI is InChI=1S/C10H21N3O2/c1-3-5-7-12-10(14)8(6-4-2)9(11)13-15/h8,15H,3-7H2,1-2H3,(H2,11,13)(H,12,14). The average molecular weight is 215 g/mol. The molecule has 1 unspecified atom stereocenters. The highest BCUT2D eigenvalue weighted by Gasteiger charge is 2.21. The number of carbonyl (C=O) groups is 1. The Kier molecular flexibility index (Phi) is 7.40. The number of oxime groups is 1. The average Bonchev–Trinajstić information content (AvgIpc) is 2.25. The highest BCUT2D eigenvalue weighted by molar-refractivity contribution is 6.01. The number of amidine groups is 1. The third-order valence-corrected chi connectivity index (χ3v) is 2.20. The molecule has 0 rings (SSSR count). The van der Waals surface area contributed by atoms with E-state index in [0.29, 0.717) is 13.0 Å². The van der Waals surface area contributed by atoms with E-state index < -0.39 is 5.92 Å². The number of amides is 1. The van der Waals surface area contributed by atoms with Gasteiger partial charge >= 0.3 is 0 Å². The molecule has 0 saturated heterocycles. The first-order valence-electron chi connectivity index (χ1n) is 5.42. The van der Waals surface area contributed by atoms with E-state index in [1.165, 1.54) is 0 Å². The van der Waals surface area contributed by atoms with Gasteiger partial charge in [0.1, 0.15) is 0 Å². The molecule has 1 amide bonds. The van der Waals surface area contributed by atoms with Gasteiger partial charge in [-0.1, -0.05) is 31.8 Å². The number of hydrogen-bond acceptors (Lipinski definition) is 3. The maximum absolute atomic E-state index is 11.6. The van der Waals surface area contributed by atoms with Crippen LogP contribution in [0.2, 0.25) is 0 Å². The SMILES string of the molecule is CCCCNC(=O)C(CCC)C(N)=NO. The van der Waals surface area contributed by atoms with Crippen molar-refractivity contribution >= 4 is 11.7 Å². The lowest BCUT2D eigenvalue weighted by molar-refractivity contribution is -0.123. The molecule has 5 heteroatoms. The van der Waals surface area contributed by atoms with Crippen LogP contribution >= 0.6 is 0 Å². The monoisotopic (exact) mass is 215 g/mol. The lowest BCUT2D eigenvalue weighted by atomic mass is 10.0. The van der Waals surface area contributed by atoms with E-state index in [9.17, 15) is 4.79 Å². The maximum atomic E-state index is 11.6. The molecular weight excluding hydrogens is 194 g/mol. The molecule has 0 radical (unpaired) electrons. The summed E-state index contributed by atoms with van der Waals surface area (Å²) in [5, 5.41) is 14.2. The second kappa shape index (κ2) is 8.08. The van der Waals surface area contributed by atoms with Gasteiger partial charge in [-0.3, -0.25) is 4.79 Å². The fraction of sp³-hybridized carbons (Fsp3) is 0.800. The van der Waals surface area contributed by atoms with E-state index in [0.717, 1.165) is 19.3 Å². The zero-order valence-electron chi connectivity index (χ0n) is 9.49. The zero-order valence-corrected chi connectivity index (χ0v) is 9.49. The van der Waals surface area contributed by atoms with Crippen molar-refractivity contribution in [2.75, 3.05) is 6.54 Å². The minimum atomic E-state index is -0.503. The molecule has 0 aromatic rings. The molecule has 0 heterocycles. The van der Waals surface area contributed by atoms with Crippen LogP contribution in [0, 0.1) is 5.92 Å². The molecule has 0 spiro atoms. The molecule has 0 bridgehead atoms. The number of hydrogen-bond donors (Lipinski definition) is 3. The van der Waals surface area contributed by atoms with Crippen LogP contribution in [0.15, 0.2) is 5.16 Å². The van der Waals surface area contributed by atoms with E-state index in [1.54, 1.807) is 0 Å². The highest BCUT2D eigenvalue weighted by Crippen LogP contribution is 2.06. The van der Waals surface area contributed by atoms with Gasteiger partial charge in [-0.2, -0.15) is 0 Å². The normalized spacial score (nSPS) is 13.6. The molecule has 15 heavy (non-hydrogen) atoms. The summed E-state index contributed by atoms with van der Waals surface area (Å²) < 4.78 is 0. The van der Waals surface area contributed by atoms with Crippen molar-refractivity contribution in [1.29, 1.82) is 0 Å². The lowest BCUT2D eigenvalue weighted by Gasteiger charge is -2.14. The predicted octanol–water partition coefficient (Wildman–Crippen LogP) is 1.07. The van der Waals surface area contributed by atoms with Gasteiger partial charge in [-0.15, -0.1) is 0 Å². The Hall–Kier alpha value is -1.26. The number of carbonyl (C=O) groups excluding carboxylic acids is 1. The number of nitrogens with two attached hydrogens (primary N) is 1. The first kappa shape index (κ1) is 13.7. The Morgan fingerprint density at radius 3 is 2.60 bits per heavy atom. The first-order valence-corrected chi connectivity index (χ1v) is 5.42. The minimum absolute atomic E-state index is 0.00847. The topological polar surface area (TPSA) is 87.7 Å². The number of unbranched alkanes of at least 4 members (excludes halogenated alkanes) is 1. The Balaban J connectivity index is 4.17. The Bertz CT molecular complexity index is 217. The van der Waals surface area contributed by atoms with Crippen molar-refractivity contribution < 1.29 is 10.0 Å². The van der Waals surface area contributed by atoms with E-state index in [1.807, 2.05) is 6.92 Å². The highest BCUT2D eigenvalue weighted by atomic mass is 16.4. The van der Waals surface area contributed by atoms with Crippen LogP contribution in [0.3, 0.4) is 0 Å². The molecule has 0 fully saturated rings. The van der Waals surface area contributed by atoms with Gasteiger partial charge in [0.15, 0.2) is 5.84 Å². The van der Waals surface area contributed by atoms with Gasteiger partial charge < -0.3 is 16.3 Å². The summed E-state index contributed by atoms with van der Waals surface area (Å²) >= 11 is 0. The third kappa shape index (κ3) is 5.24. The van der Waals surface area contributed by atoms with Gasteiger partial charge in [0, 0.05) is 6.54 Å². The zero-order chi connectivity index (χ0) is 11.7. The van der Waals surface area contributed by atoms with Gasteiger partial charge in [0.25, 0.3) is 0 Å². The van der Waals surface area contributed by atoms with Crippen LogP contribution in [0.1, 0.15) is 39.5 Å². The van der Waals surface area contributed by atoms with E-state index in [2.05, 4.69) is 17.4 Å². The molecule has 0 aliphatic heterocycles. The Morgan fingerprint density at radius 1 is 1.47 bits per heavy atom. The van der Waals surface area contributed by atoms with Crippen molar-refractivity contribution in [3.05, 3.63) is 0 Å². The summed E-state index contributed by atoms with van der Waals surface area (Å²) in [7, 11) is 0. The molecule has 0 aliphatic carbocycles. The second-order valence-corrected chi connectivity index (χ2v) is 3.51. The molecule has 1 atom stereocenters. The van der Waals surface area contributed by atoms with E-state index in [4.69, 9.17) is 10.9 Å². The summed E-state index contributed by atoms with van der Waals surface area (Å²) in [5.41, 5.74) is 5.45. The van der Waals surface area contributed by atoms with Gasteiger partial charge in [-0.25, -0.2) is 0 Å². The fourth-order valence-corrected chi connectivity index (χ4v) is 1.28. The minimum Gasteiger partial charge on any atom is -0.409 e. The quantitative estimate of drug-likeness (QED) is 0.195. The largest absolute Gasteiger partial charge is 0.409 e. The van der Waals surface area contributed by atoms with Crippen molar-refractivity contribution in [1.82, 2.24) is 5.32 Å². The smallest absolute Gasteiger partial charge is 0.230 e. The summed E-state index contributed by atoms with van der Waals surface area (Å²) in [4.78, 5) is 11.6. The van der Waals surface area contributed by atoms with E-state index in [-0.39, 0.29) is 11.7 Å². The molecule has 4 N–H and O–H groups in total. The molecular formula is C10H21N3O2. The second-order valence-electron chi connectivity index (χ2n) is 3.51. The summed E-state index contributed by atoms with van der Waals surface area (Å²) in [6, 6.07) is 0. The molecule has 5 nitrogen and oxygen atoms in total. The van der Waals surface area contributed by atoms with Crippen LogP contribution in [0.4, 0.5) is 0 Å². The number of rotatable bonds is 7. The molecule has 0 aliphatic rings. The van der Waals surface area contributed by atoms with Crippen molar-refractivity contribution in [3.63, 3.8) is 0 Å². The molecule has 0 saturated carbocycles. The van der Waals surface area contributed by atoms with Gasteiger partial charge in [0.2, 0.25) is 5.91 Å². The van der Waals surface area contributed by atoms with E-state index >= 15 is 0 Å². The summed E-state index contributed by atoms with van der Waals surface area (Å²) in [5.74, 6) is -0.664. The number of nitrogens with one attached hydrogen (secondary N) is 1. The molecule has 88 valence electrons. The van der Waals surface area contributed by atoms with Crippen molar-refractivity contribution in [3.8, 4) is 0 Å². The van der Waals surface area contributed by atoms with Crippen LogP contribution in [0.25, 0.3) is 0 Å². The Morgan fingerprint density at radius 2 is 2.13 bits per heavy atom.